The van der Waals surface area contributed by atoms with Gasteiger partial charge >= 0.3 is 0 Å². The SMILES string of the molecule is C1=C(CNc2cncc3nnnn23)CCNC1. The normalized spacial score (nSPS) is 15.9. The van der Waals surface area contributed by atoms with E-state index in [1.165, 1.54) is 5.57 Å². The van der Waals surface area contributed by atoms with Gasteiger partial charge in [0.25, 0.3) is 0 Å². The molecule has 0 bridgehead atoms. The summed E-state index contributed by atoms with van der Waals surface area (Å²) in [6.07, 6.45) is 6.65. The number of nitrogens with zero attached hydrogens (tertiary/aromatic N) is 5. The van der Waals surface area contributed by atoms with Gasteiger partial charge in [-0.25, -0.2) is 0 Å². The van der Waals surface area contributed by atoms with E-state index in [1.807, 2.05) is 0 Å². The van der Waals surface area contributed by atoms with Crippen molar-refractivity contribution in [2.45, 2.75) is 6.42 Å². The van der Waals surface area contributed by atoms with Crippen LogP contribution in [0.5, 0.6) is 0 Å². The van der Waals surface area contributed by atoms with E-state index in [0.29, 0.717) is 5.65 Å². The Balaban J connectivity index is 1.76. The first-order valence-corrected chi connectivity index (χ1v) is 5.58. The summed E-state index contributed by atoms with van der Waals surface area (Å²) in [4.78, 5) is 4.09. The third kappa shape index (κ3) is 2.09. The summed E-state index contributed by atoms with van der Waals surface area (Å²) in [5.74, 6) is 0.812. The topological polar surface area (TPSA) is 80.0 Å². The van der Waals surface area contributed by atoms with Gasteiger partial charge in [-0.15, -0.1) is 5.10 Å². The Kier molecular flexibility index (Phi) is 2.66. The first-order chi connectivity index (χ1) is 8.43. The summed E-state index contributed by atoms with van der Waals surface area (Å²) in [5, 5.41) is 18.0. The first kappa shape index (κ1) is 10.2. The van der Waals surface area contributed by atoms with E-state index in [2.05, 4.69) is 37.2 Å². The Morgan fingerprint density at radius 2 is 2.41 bits per heavy atom. The Bertz CT molecular complexity index is 544. The Hall–Kier alpha value is -2.02. The van der Waals surface area contributed by atoms with Crippen molar-refractivity contribution in [2.75, 3.05) is 25.0 Å². The van der Waals surface area contributed by atoms with Crippen molar-refractivity contribution in [2.24, 2.45) is 0 Å². The van der Waals surface area contributed by atoms with Crippen molar-refractivity contribution >= 4 is 11.5 Å². The predicted molar refractivity (Wildman–Crippen MR) is 62.6 cm³/mol. The molecule has 2 N–H and O–H groups in total. The molecule has 0 unspecified atom stereocenters. The van der Waals surface area contributed by atoms with Crippen molar-refractivity contribution < 1.29 is 0 Å². The molecule has 2 aromatic heterocycles. The summed E-state index contributed by atoms with van der Waals surface area (Å²) in [6.45, 7) is 2.80. The Morgan fingerprint density at radius 3 is 3.29 bits per heavy atom. The van der Waals surface area contributed by atoms with Gasteiger partial charge in [-0.05, 0) is 23.4 Å². The minimum absolute atomic E-state index is 0.647. The van der Waals surface area contributed by atoms with Gasteiger partial charge < -0.3 is 10.6 Å². The van der Waals surface area contributed by atoms with E-state index in [-0.39, 0.29) is 0 Å². The van der Waals surface area contributed by atoms with Crippen LogP contribution in [0.4, 0.5) is 5.82 Å². The molecule has 3 rings (SSSR count). The van der Waals surface area contributed by atoms with Crippen LogP contribution in [0.1, 0.15) is 6.42 Å². The van der Waals surface area contributed by atoms with E-state index in [0.717, 1.165) is 31.9 Å². The minimum atomic E-state index is 0.647. The average molecular weight is 231 g/mol. The monoisotopic (exact) mass is 231 g/mol. The lowest BCUT2D eigenvalue weighted by Gasteiger charge is -2.15. The molecule has 17 heavy (non-hydrogen) atoms. The lowest BCUT2D eigenvalue weighted by atomic mass is 10.1. The zero-order valence-electron chi connectivity index (χ0n) is 9.30. The highest BCUT2D eigenvalue weighted by atomic mass is 15.5. The molecule has 7 nitrogen and oxygen atoms in total. The van der Waals surface area contributed by atoms with Crippen LogP contribution >= 0.6 is 0 Å². The molecular formula is C10H13N7. The smallest absolute Gasteiger partial charge is 0.199 e. The van der Waals surface area contributed by atoms with Crippen LogP contribution in [0.2, 0.25) is 0 Å². The third-order valence-electron chi connectivity index (χ3n) is 2.76. The maximum Gasteiger partial charge on any atom is 0.199 e. The van der Waals surface area contributed by atoms with E-state index >= 15 is 0 Å². The fourth-order valence-electron chi connectivity index (χ4n) is 1.83. The zero-order valence-corrected chi connectivity index (χ0v) is 9.30. The summed E-state index contributed by atoms with van der Waals surface area (Å²) in [5.41, 5.74) is 2.04. The van der Waals surface area contributed by atoms with E-state index in [4.69, 9.17) is 0 Å². The van der Waals surface area contributed by atoms with E-state index in [1.54, 1.807) is 16.9 Å². The third-order valence-corrected chi connectivity index (χ3v) is 2.76. The van der Waals surface area contributed by atoms with Crippen molar-refractivity contribution in [3.05, 3.63) is 24.0 Å². The molecule has 0 aromatic carbocycles. The molecule has 7 heteroatoms. The summed E-state index contributed by atoms with van der Waals surface area (Å²) in [6, 6.07) is 0. The standard InChI is InChI=1S/C10H13N7/c1-3-11-4-2-8(1)5-13-9-6-12-7-10-14-15-16-17(9)10/h1,6-7,11,13H,2-5H2. The van der Waals surface area contributed by atoms with E-state index in [9.17, 15) is 0 Å². The number of fused-ring (bicyclic) bond motifs is 1. The molecule has 2 aromatic rings. The van der Waals surface area contributed by atoms with Crippen molar-refractivity contribution in [1.29, 1.82) is 0 Å². The molecule has 0 fully saturated rings. The number of aromatic nitrogens is 5. The van der Waals surface area contributed by atoms with Gasteiger partial charge in [-0.1, -0.05) is 11.6 Å². The molecule has 0 spiro atoms. The van der Waals surface area contributed by atoms with Crippen LogP contribution < -0.4 is 10.6 Å². The quantitative estimate of drug-likeness (QED) is 0.715. The van der Waals surface area contributed by atoms with Crippen LogP contribution in [0.25, 0.3) is 5.65 Å². The fourth-order valence-corrected chi connectivity index (χ4v) is 1.83. The molecule has 1 aliphatic heterocycles. The second-order valence-corrected chi connectivity index (χ2v) is 3.91. The molecule has 0 saturated heterocycles. The highest BCUT2D eigenvalue weighted by Crippen LogP contribution is 2.09. The summed E-state index contributed by atoms with van der Waals surface area (Å²) < 4.78 is 1.65. The molecule has 0 saturated carbocycles. The number of hydrogen-bond acceptors (Lipinski definition) is 6. The van der Waals surface area contributed by atoms with Crippen LogP contribution in [-0.2, 0) is 0 Å². The molecule has 88 valence electrons. The number of hydrogen-bond donors (Lipinski definition) is 2. The molecular weight excluding hydrogens is 218 g/mol. The second kappa shape index (κ2) is 4.46. The minimum Gasteiger partial charge on any atom is -0.365 e. The molecule has 0 radical (unpaired) electrons. The van der Waals surface area contributed by atoms with Crippen molar-refractivity contribution in [3.8, 4) is 0 Å². The molecule has 3 heterocycles. The fraction of sp³-hybridized carbons (Fsp3) is 0.400. The molecule has 0 amide bonds. The maximum absolute atomic E-state index is 4.09. The van der Waals surface area contributed by atoms with Gasteiger partial charge in [-0.3, -0.25) is 4.98 Å². The van der Waals surface area contributed by atoms with Crippen LogP contribution in [0.3, 0.4) is 0 Å². The Labute approximate surface area is 97.9 Å². The van der Waals surface area contributed by atoms with Gasteiger partial charge in [0, 0.05) is 13.1 Å². The molecule has 0 aliphatic carbocycles. The molecule has 0 atom stereocenters. The van der Waals surface area contributed by atoms with Gasteiger partial charge in [0.05, 0.1) is 12.4 Å². The van der Waals surface area contributed by atoms with Gasteiger partial charge in [0.1, 0.15) is 0 Å². The van der Waals surface area contributed by atoms with Crippen molar-refractivity contribution in [1.82, 2.24) is 30.3 Å². The molecule has 1 aliphatic rings. The largest absolute Gasteiger partial charge is 0.365 e. The van der Waals surface area contributed by atoms with Crippen LogP contribution in [-0.4, -0.2) is 44.7 Å². The predicted octanol–water partition coefficient (Wildman–Crippen LogP) is -0.149. The number of tetrazole rings is 1. The highest BCUT2D eigenvalue weighted by Gasteiger charge is 2.06. The summed E-state index contributed by atoms with van der Waals surface area (Å²) in [7, 11) is 0. The average Bonchev–Trinajstić information content (AvgIpc) is 2.86. The van der Waals surface area contributed by atoms with Crippen LogP contribution in [0.15, 0.2) is 24.0 Å². The van der Waals surface area contributed by atoms with Crippen LogP contribution in [0, 0.1) is 0 Å². The van der Waals surface area contributed by atoms with E-state index < -0.39 is 0 Å². The number of rotatable bonds is 3. The zero-order chi connectivity index (χ0) is 11.5. The second-order valence-electron chi connectivity index (χ2n) is 3.91. The number of anilines is 1. The Morgan fingerprint density at radius 1 is 1.41 bits per heavy atom. The lowest BCUT2D eigenvalue weighted by Crippen LogP contribution is -2.23. The summed E-state index contributed by atoms with van der Waals surface area (Å²) >= 11 is 0. The van der Waals surface area contributed by atoms with Gasteiger partial charge in [0.2, 0.25) is 0 Å². The highest BCUT2D eigenvalue weighted by molar-refractivity contribution is 5.44. The first-order valence-electron chi connectivity index (χ1n) is 5.58. The lowest BCUT2D eigenvalue weighted by molar-refractivity contribution is 0.697. The van der Waals surface area contributed by atoms with Crippen molar-refractivity contribution in [3.63, 3.8) is 0 Å². The van der Waals surface area contributed by atoms with Gasteiger partial charge in [0.15, 0.2) is 11.5 Å². The maximum atomic E-state index is 4.09. The number of nitrogens with one attached hydrogen (secondary N) is 2. The van der Waals surface area contributed by atoms with Gasteiger partial charge in [-0.2, -0.15) is 4.52 Å².